The average Bonchev–Trinajstić information content (AvgIpc) is 2.53. The molecule has 126 valence electrons. The Morgan fingerprint density at radius 2 is 1.87 bits per heavy atom. The molecule has 0 aliphatic rings. The first-order chi connectivity index (χ1) is 10.2. The number of hydrogen-bond donors (Lipinski definition) is 1. The first-order valence-electron chi connectivity index (χ1n) is 6.79. The van der Waals surface area contributed by atoms with E-state index in [-0.39, 0.29) is 30.7 Å². The Hall–Kier alpha value is -1.82. The molecule has 0 atom stereocenters. The van der Waals surface area contributed by atoms with Gasteiger partial charge in [-0.1, -0.05) is 18.2 Å². The molecule has 0 bridgehead atoms. The molecule has 2 aromatic rings. The van der Waals surface area contributed by atoms with Crippen molar-refractivity contribution >= 4 is 30.7 Å². The fourth-order valence-electron chi connectivity index (χ4n) is 1.79. The maximum Gasteiger partial charge on any atom is 0.272 e. The molecule has 0 saturated carbocycles. The Labute approximate surface area is 148 Å². The second kappa shape index (κ2) is 10.8. The zero-order valence-corrected chi connectivity index (χ0v) is 14.7. The van der Waals surface area contributed by atoms with E-state index in [0.29, 0.717) is 18.0 Å². The monoisotopic (exact) mass is 357 g/mol. The summed E-state index contributed by atoms with van der Waals surface area (Å²) in [6.07, 6.45) is 1.58. The summed E-state index contributed by atoms with van der Waals surface area (Å²) in [6, 6.07) is 12.8. The van der Waals surface area contributed by atoms with Crippen LogP contribution in [0.15, 0.2) is 48.7 Å². The molecule has 0 saturated heterocycles. The maximum atomic E-state index is 12.2. The Kier molecular flexibility index (Phi) is 9.97. The summed E-state index contributed by atoms with van der Waals surface area (Å²) in [5.41, 5.74) is 0.377. The first kappa shape index (κ1) is 21.2. The summed E-state index contributed by atoms with van der Waals surface area (Å²) in [7, 11) is 3.61. The van der Waals surface area contributed by atoms with Crippen LogP contribution >= 0.6 is 24.8 Å². The second-order valence-corrected chi connectivity index (χ2v) is 4.62. The van der Waals surface area contributed by atoms with E-state index in [1.807, 2.05) is 37.4 Å². The summed E-state index contributed by atoms with van der Waals surface area (Å²) in [4.78, 5) is 18.0. The summed E-state index contributed by atoms with van der Waals surface area (Å²) < 4.78 is 5.71. The van der Waals surface area contributed by atoms with E-state index in [0.717, 1.165) is 12.3 Å². The van der Waals surface area contributed by atoms with Gasteiger partial charge < -0.3 is 15.0 Å². The molecule has 2 rings (SSSR count). The molecule has 0 fully saturated rings. The summed E-state index contributed by atoms with van der Waals surface area (Å²) in [5, 5.41) is 3.01. The third-order valence-electron chi connectivity index (χ3n) is 2.97. The normalized spacial score (nSPS) is 9.30. The zero-order chi connectivity index (χ0) is 15.1. The van der Waals surface area contributed by atoms with Gasteiger partial charge in [0, 0.05) is 32.4 Å². The average molecular weight is 358 g/mol. The van der Waals surface area contributed by atoms with Gasteiger partial charge in [-0.05, 0) is 25.2 Å². The number of hydrogen-bond acceptors (Lipinski definition) is 4. The van der Waals surface area contributed by atoms with Crippen LogP contribution in [0.4, 0.5) is 0 Å². The Morgan fingerprint density at radius 3 is 2.52 bits per heavy atom. The van der Waals surface area contributed by atoms with E-state index >= 15 is 0 Å². The highest BCUT2D eigenvalue weighted by Crippen LogP contribution is 2.21. The largest absolute Gasteiger partial charge is 0.457 e. The van der Waals surface area contributed by atoms with Crippen LogP contribution in [0.1, 0.15) is 10.5 Å². The number of nitrogens with one attached hydrogen (secondary N) is 1. The number of para-hydroxylation sites is 1. The van der Waals surface area contributed by atoms with Crippen LogP contribution in [0.5, 0.6) is 11.5 Å². The Morgan fingerprint density at radius 1 is 1.17 bits per heavy atom. The number of carbonyl (C=O) groups is 1. The molecule has 0 aliphatic heterocycles. The molecule has 1 aromatic heterocycles. The van der Waals surface area contributed by atoms with Crippen LogP contribution < -0.4 is 10.1 Å². The second-order valence-electron chi connectivity index (χ2n) is 4.62. The Balaban J connectivity index is 0.00000242. The van der Waals surface area contributed by atoms with Crippen molar-refractivity contribution in [3.8, 4) is 11.5 Å². The SMILES string of the molecule is CNCCN(C)C(=O)c1cc(Oc2ccccc2)ccn1.Cl.Cl. The molecule has 1 heterocycles. The molecule has 1 N–H and O–H groups in total. The van der Waals surface area contributed by atoms with Gasteiger partial charge in [0.05, 0.1) is 0 Å². The number of pyridine rings is 1. The fraction of sp³-hybridized carbons (Fsp3) is 0.250. The van der Waals surface area contributed by atoms with Crippen molar-refractivity contribution in [3.05, 3.63) is 54.4 Å². The molecule has 7 heteroatoms. The standard InChI is InChI=1S/C16H19N3O2.2ClH/c1-17-10-11-19(2)16(20)15-12-14(8-9-18-15)21-13-6-4-3-5-7-13;;/h3-9,12,17H,10-11H2,1-2H3;2*1H. The lowest BCUT2D eigenvalue weighted by atomic mass is 10.3. The van der Waals surface area contributed by atoms with E-state index in [2.05, 4.69) is 10.3 Å². The van der Waals surface area contributed by atoms with Crippen LogP contribution in [0.25, 0.3) is 0 Å². The minimum atomic E-state index is -0.122. The molecule has 0 unspecified atom stereocenters. The van der Waals surface area contributed by atoms with E-state index in [4.69, 9.17) is 4.74 Å². The summed E-state index contributed by atoms with van der Waals surface area (Å²) >= 11 is 0. The van der Waals surface area contributed by atoms with E-state index in [9.17, 15) is 4.79 Å². The first-order valence-corrected chi connectivity index (χ1v) is 6.79. The summed E-state index contributed by atoms with van der Waals surface area (Å²) in [6.45, 7) is 1.36. The molecule has 0 aliphatic carbocycles. The van der Waals surface area contributed by atoms with Gasteiger partial charge in [-0.15, -0.1) is 24.8 Å². The molecular weight excluding hydrogens is 337 g/mol. The van der Waals surface area contributed by atoms with Crippen LogP contribution in [0, 0.1) is 0 Å². The van der Waals surface area contributed by atoms with Gasteiger partial charge in [0.2, 0.25) is 0 Å². The van der Waals surface area contributed by atoms with Gasteiger partial charge in [0.25, 0.3) is 5.91 Å². The lowest BCUT2D eigenvalue weighted by molar-refractivity contribution is 0.0790. The predicted octanol–water partition coefficient (Wildman–Crippen LogP) is 3.01. The van der Waals surface area contributed by atoms with Crippen molar-refractivity contribution in [2.45, 2.75) is 0 Å². The van der Waals surface area contributed by atoms with Crippen LogP contribution in [0.2, 0.25) is 0 Å². The van der Waals surface area contributed by atoms with Gasteiger partial charge in [-0.25, -0.2) is 0 Å². The number of benzene rings is 1. The van der Waals surface area contributed by atoms with Gasteiger partial charge in [0.15, 0.2) is 0 Å². The van der Waals surface area contributed by atoms with Crippen molar-refractivity contribution in [1.29, 1.82) is 0 Å². The molecule has 1 aromatic carbocycles. The number of nitrogens with zero attached hydrogens (tertiary/aromatic N) is 2. The Bertz CT molecular complexity index is 597. The molecule has 0 radical (unpaired) electrons. The van der Waals surface area contributed by atoms with Crippen molar-refractivity contribution < 1.29 is 9.53 Å². The van der Waals surface area contributed by atoms with Crippen molar-refractivity contribution in [2.75, 3.05) is 27.2 Å². The number of ether oxygens (including phenoxy) is 1. The third kappa shape index (κ3) is 6.44. The van der Waals surface area contributed by atoms with Gasteiger partial charge in [-0.2, -0.15) is 0 Å². The van der Waals surface area contributed by atoms with E-state index in [1.54, 1.807) is 30.3 Å². The van der Waals surface area contributed by atoms with Crippen LogP contribution in [-0.2, 0) is 0 Å². The molecule has 1 amide bonds. The van der Waals surface area contributed by atoms with E-state index < -0.39 is 0 Å². The lowest BCUT2D eigenvalue weighted by Crippen LogP contribution is -2.33. The highest BCUT2D eigenvalue weighted by Gasteiger charge is 2.13. The number of aromatic nitrogens is 1. The van der Waals surface area contributed by atoms with Crippen LogP contribution in [0.3, 0.4) is 0 Å². The fourth-order valence-corrected chi connectivity index (χ4v) is 1.79. The topological polar surface area (TPSA) is 54.5 Å². The number of rotatable bonds is 6. The molecular formula is C16H21Cl2N3O2. The smallest absolute Gasteiger partial charge is 0.272 e. The lowest BCUT2D eigenvalue weighted by Gasteiger charge is -2.16. The number of halogens is 2. The van der Waals surface area contributed by atoms with Gasteiger partial charge in [-0.3, -0.25) is 9.78 Å². The van der Waals surface area contributed by atoms with Crippen LogP contribution in [-0.4, -0.2) is 43.0 Å². The number of likely N-dealkylation sites (N-methyl/N-ethyl adjacent to an activating group) is 2. The summed E-state index contributed by atoms with van der Waals surface area (Å²) in [5.74, 6) is 1.20. The highest BCUT2D eigenvalue weighted by molar-refractivity contribution is 5.92. The van der Waals surface area contributed by atoms with Crippen molar-refractivity contribution in [3.63, 3.8) is 0 Å². The minimum absolute atomic E-state index is 0. The molecule has 0 spiro atoms. The van der Waals surface area contributed by atoms with Gasteiger partial charge >= 0.3 is 0 Å². The molecule has 23 heavy (non-hydrogen) atoms. The minimum Gasteiger partial charge on any atom is -0.457 e. The maximum absolute atomic E-state index is 12.2. The van der Waals surface area contributed by atoms with Gasteiger partial charge in [0.1, 0.15) is 17.2 Å². The zero-order valence-electron chi connectivity index (χ0n) is 13.1. The van der Waals surface area contributed by atoms with Crippen molar-refractivity contribution in [2.24, 2.45) is 0 Å². The third-order valence-corrected chi connectivity index (χ3v) is 2.97. The highest BCUT2D eigenvalue weighted by atomic mass is 35.5. The van der Waals surface area contributed by atoms with E-state index in [1.165, 1.54) is 0 Å². The number of carbonyl (C=O) groups excluding carboxylic acids is 1. The molecule has 5 nitrogen and oxygen atoms in total. The van der Waals surface area contributed by atoms with Crippen molar-refractivity contribution in [1.82, 2.24) is 15.2 Å². The predicted molar refractivity (Wildman–Crippen MR) is 96.1 cm³/mol. The quantitative estimate of drug-likeness (QED) is 0.863. The number of amides is 1.